The molecule has 0 N–H and O–H groups in total. The predicted molar refractivity (Wildman–Crippen MR) is 64.9 cm³/mol. The van der Waals surface area contributed by atoms with Gasteiger partial charge in [-0.1, -0.05) is 11.3 Å². The van der Waals surface area contributed by atoms with Crippen molar-refractivity contribution in [3.05, 3.63) is 42.0 Å². The third-order valence-corrected chi connectivity index (χ3v) is 4.16. The number of rotatable bonds is 3. The van der Waals surface area contributed by atoms with E-state index >= 15 is 0 Å². The molecule has 0 aliphatic rings. The highest BCUT2D eigenvalue weighted by Gasteiger charge is 2.10. The van der Waals surface area contributed by atoms with E-state index in [9.17, 15) is 9.59 Å². The predicted octanol–water partition coefficient (Wildman–Crippen LogP) is 2.62. The minimum Gasteiger partial charge on any atom is -0.298 e. The molecular formula is C9H6BrNO2S2. The maximum Gasteiger partial charge on any atom is 0.307 e. The van der Waals surface area contributed by atoms with Crippen LogP contribution in [0.3, 0.4) is 0 Å². The van der Waals surface area contributed by atoms with Gasteiger partial charge >= 0.3 is 4.87 Å². The van der Waals surface area contributed by atoms with E-state index < -0.39 is 0 Å². The van der Waals surface area contributed by atoms with Crippen LogP contribution in [0.4, 0.5) is 0 Å². The number of carbonyl (C=O) groups excluding carboxylic acids is 1. The first-order valence-corrected chi connectivity index (χ1v) is 6.58. The van der Waals surface area contributed by atoms with Crippen molar-refractivity contribution in [2.45, 2.75) is 6.54 Å². The number of halogens is 1. The van der Waals surface area contributed by atoms with Crippen LogP contribution in [0.25, 0.3) is 0 Å². The lowest BCUT2D eigenvalue weighted by molar-refractivity contribution is 0.0975. The average Bonchev–Trinajstić information content (AvgIpc) is 2.77. The molecule has 2 aromatic rings. The van der Waals surface area contributed by atoms with E-state index in [0.29, 0.717) is 4.88 Å². The van der Waals surface area contributed by atoms with Crippen molar-refractivity contribution in [1.29, 1.82) is 0 Å². The van der Waals surface area contributed by atoms with Crippen LogP contribution in [-0.2, 0) is 6.54 Å². The van der Waals surface area contributed by atoms with Gasteiger partial charge in [-0.15, -0.1) is 11.3 Å². The Balaban J connectivity index is 2.18. The first-order chi connectivity index (χ1) is 7.16. The molecule has 0 amide bonds. The van der Waals surface area contributed by atoms with Crippen LogP contribution in [0, 0.1) is 0 Å². The highest BCUT2D eigenvalue weighted by atomic mass is 79.9. The highest BCUT2D eigenvalue weighted by Crippen LogP contribution is 2.22. The Morgan fingerprint density at radius 1 is 1.47 bits per heavy atom. The number of nitrogens with zero attached hydrogens (tertiary/aromatic N) is 1. The van der Waals surface area contributed by atoms with Crippen molar-refractivity contribution in [3.63, 3.8) is 0 Å². The highest BCUT2D eigenvalue weighted by molar-refractivity contribution is 9.11. The number of thiophene rings is 1. The monoisotopic (exact) mass is 303 g/mol. The largest absolute Gasteiger partial charge is 0.307 e. The Bertz CT molecular complexity index is 540. The van der Waals surface area contributed by atoms with Gasteiger partial charge in [-0.3, -0.25) is 14.2 Å². The van der Waals surface area contributed by atoms with Crippen LogP contribution in [0.2, 0.25) is 0 Å². The first-order valence-electron chi connectivity index (χ1n) is 4.09. The van der Waals surface area contributed by atoms with Crippen molar-refractivity contribution >= 4 is 44.4 Å². The number of carbonyl (C=O) groups is 1. The number of thiazole rings is 1. The molecule has 6 heteroatoms. The fourth-order valence-electron chi connectivity index (χ4n) is 1.10. The molecule has 0 bridgehead atoms. The zero-order chi connectivity index (χ0) is 10.8. The van der Waals surface area contributed by atoms with Gasteiger partial charge in [-0.2, -0.15) is 0 Å². The van der Waals surface area contributed by atoms with Gasteiger partial charge in [0.2, 0.25) is 0 Å². The molecule has 2 rings (SSSR count). The summed E-state index contributed by atoms with van der Waals surface area (Å²) in [4.78, 5) is 23.5. The molecule has 0 atom stereocenters. The summed E-state index contributed by atoms with van der Waals surface area (Å²) in [5.74, 6) is -0.0359. The molecule has 0 aromatic carbocycles. The number of ketones is 1. The number of Topliss-reactive ketones (excluding diaryl/α,β-unsaturated/α-hetero) is 1. The van der Waals surface area contributed by atoms with Gasteiger partial charge in [0.15, 0.2) is 5.78 Å². The second-order valence-corrected chi connectivity index (χ2v) is 6.14. The number of hydrogen-bond donors (Lipinski definition) is 0. The van der Waals surface area contributed by atoms with Gasteiger partial charge in [-0.05, 0) is 28.1 Å². The Labute approximate surface area is 102 Å². The quantitative estimate of drug-likeness (QED) is 0.818. The van der Waals surface area contributed by atoms with Crippen molar-refractivity contribution in [2.75, 3.05) is 0 Å². The maximum atomic E-state index is 11.7. The van der Waals surface area contributed by atoms with Crippen molar-refractivity contribution in [1.82, 2.24) is 4.57 Å². The van der Waals surface area contributed by atoms with E-state index in [4.69, 9.17) is 0 Å². The van der Waals surface area contributed by atoms with Crippen LogP contribution >= 0.6 is 38.6 Å². The lowest BCUT2D eigenvalue weighted by Gasteiger charge is -1.97. The molecule has 0 aliphatic heterocycles. The summed E-state index contributed by atoms with van der Waals surface area (Å²) in [6.07, 6.45) is 1.63. The second kappa shape index (κ2) is 4.42. The van der Waals surface area contributed by atoms with Gasteiger partial charge in [0, 0.05) is 11.6 Å². The van der Waals surface area contributed by atoms with Crippen LogP contribution in [0.15, 0.2) is 32.3 Å². The van der Waals surface area contributed by atoms with E-state index in [1.165, 1.54) is 15.9 Å². The Hall–Kier alpha value is -0.720. The zero-order valence-electron chi connectivity index (χ0n) is 7.47. The molecule has 0 fully saturated rings. The summed E-state index contributed by atoms with van der Waals surface area (Å²) in [5, 5.41) is 1.68. The van der Waals surface area contributed by atoms with E-state index in [-0.39, 0.29) is 17.2 Å². The Kier molecular flexibility index (Phi) is 3.18. The average molecular weight is 304 g/mol. The van der Waals surface area contributed by atoms with E-state index in [2.05, 4.69) is 15.9 Å². The third-order valence-electron chi connectivity index (χ3n) is 1.81. The molecule has 2 heterocycles. The number of hydrogen-bond acceptors (Lipinski definition) is 4. The summed E-state index contributed by atoms with van der Waals surface area (Å²) in [7, 11) is 0. The van der Waals surface area contributed by atoms with E-state index in [1.807, 2.05) is 6.07 Å². The number of aromatic nitrogens is 1. The Morgan fingerprint density at radius 2 is 2.27 bits per heavy atom. The third kappa shape index (κ3) is 2.45. The van der Waals surface area contributed by atoms with Gasteiger partial charge < -0.3 is 0 Å². The van der Waals surface area contributed by atoms with Crippen LogP contribution in [0.1, 0.15) is 9.67 Å². The smallest absolute Gasteiger partial charge is 0.298 e. The van der Waals surface area contributed by atoms with E-state index in [0.717, 1.165) is 15.1 Å². The van der Waals surface area contributed by atoms with Gasteiger partial charge in [0.25, 0.3) is 0 Å². The van der Waals surface area contributed by atoms with Gasteiger partial charge in [0.1, 0.15) is 0 Å². The summed E-state index contributed by atoms with van der Waals surface area (Å²) < 4.78 is 2.34. The van der Waals surface area contributed by atoms with Crippen molar-refractivity contribution < 1.29 is 4.79 Å². The van der Waals surface area contributed by atoms with Gasteiger partial charge in [0.05, 0.1) is 15.2 Å². The van der Waals surface area contributed by atoms with Crippen molar-refractivity contribution in [2.24, 2.45) is 0 Å². The fourth-order valence-corrected chi connectivity index (χ4v) is 3.01. The van der Waals surface area contributed by atoms with Crippen LogP contribution in [0.5, 0.6) is 0 Å². The van der Waals surface area contributed by atoms with Gasteiger partial charge in [-0.25, -0.2) is 0 Å². The molecule has 0 spiro atoms. The molecule has 0 saturated carbocycles. The lowest BCUT2D eigenvalue weighted by Crippen LogP contribution is -2.17. The fraction of sp³-hybridized carbons (Fsp3) is 0.111. The van der Waals surface area contributed by atoms with Crippen molar-refractivity contribution in [3.8, 4) is 0 Å². The Morgan fingerprint density at radius 3 is 2.80 bits per heavy atom. The molecule has 3 nitrogen and oxygen atoms in total. The van der Waals surface area contributed by atoms with Crippen LogP contribution < -0.4 is 4.87 Å². The first kappa shape index (κ1) is 10.8. The molecule has 0 saturated heterocycles. The van der Waals surface area contributed by atoms with E-state index in [1.54, 1.807) is 17.6 Å². The second-order valence-electron chi connectivity index (χ2n) is 2.82. The maximum absolute atomic E-state index is 11.7. The summed E-state index contributed by atoms with van der Waals surface area (Å²) in [6, 6.07) is 3.59. The molecule has 78 valence electrons. The summed E-state index contributed by atoms with van der Waals surface area (Å²) in [6.45, 7) is 0.120. The molecule has 0 radical (unpaired) electrons. The minimum absolute atomic E-state index is 0.0359. The molecular weight excluding hydrogens is 298 g/mol. The molecule has 15 heavy (non-hydrogen) atoms. The zero-order valence-corrected chi connectivity index (χ0v) is 10.7. The lowest BCUT2D eigenvalue weighted by atomic mass is 10.3. The summed E-state index contributed by atoms with van der Waals surface area (Å²) in [5.41, 5.74) is 0. The summed E-state index contributed by atoms with van der Waals surface area (Å²) >= 11 is 5.77. The molecule has 2 aromatic heterocycles. The topological polar surface area (TPSA) is 39.1 Å². The molecule has 0 unspecified atom stereocenters. The standard InChI is InChI=1S/C9H6BrNO2S2/c10-8-2-1-7(15-8)6(12)5-11-3-4-14-9(11)13/h1-4H,5H2. The minimum atomic E-state index is -0.0982. The van der Waals surface area contributed by atoms with Crippen LogP contribution in [-0.4, -0.2) is 10.4 Å². The molecule has 0 aliphatic carbocycles. The normalized spacial score (nSPS) is 10.5. The SMILES string of the molecule is O=C(Cn1ccsc1=O)c1ccc(Br)s1.